The Kier molecular flexibility index (Phi) is 4.56. The third-order valence-electron chi connectivity index (χ3n) is 4.95. The van der Waals surface area contributed by atoms with E-state index in [2.05, 4.69) is 44.0 Å². The first kappa shape index (κ1) is 17.3. The fourth-order valence-corrected chi connectivity index (χ4v) is 4.24. The van der Waals surface area contributed by atoms with Crippen LogP contribution >= 0.6 is 0 Å². The molecule has 3 heterocycles. The monoisotopic (exact) mass is 373 g/mol. The zero-order valence-electron chi connectivity index (χ0n) is 14.7. The summed E-state index contributed by atoms with van der Waals surface area (Å²) in [5.74, 6) is 0.0882. The highest BCUT2D eigenvalue weighted by Crippen LogP contribution is 2.24. The van der Waals surface area contributed by atoms with Crippen molar-refractivity contribution in [2.75, 3.05) is 18.8 Å². The van der Waals surface area contributed by atoms with Gasteiger partial charge in [-0.25, -0.2) is 13.1 Å². The van der Waals surface area contributed by atoms with Gasteiger partial charge in [-0.15, -0.1) is 0 Å². The van der Waals surface area contributed by atoms with E-state index in [1.54, 1.807) is 13.1 Å². The van der Waals surface area contributed by atoms with Gasteiger partial charge < -0.3 is 4.98 Å². The summed E-state index contributed by atoms with van der Waals surface area (Å²) in [5, 5.41) is 5.63. The van der Waals surface area contributed by atoms with E-state index < -0.39 is 10.0 Å². The first-order valence-corrected chi connectivity index (χ1v) is 10.5. The lowest BCUT2D eigenvalue weighted by Gasteiger charge is -2.34. The Morgan fingerprint density at radius 3 is 3.04 bits per heavy atom. The minimum absolute atomic E-state index is 0.0134. The van der Waals surface area contributed by atoms with Crippen LogP contribution in [0.2, 0.25) is 0 Å². The number of nitrogens with zero attached hydrogens (tertiary/aromatic N) is 3. The molecule has 0 saturated heterocycles. The molecular formula is C18H23N5O2S. The molecule has 2 N–H and O–H groups in total. The van der Waals surface area contributed by atoms with Gasteiger partial charge in [0.2, 0.25) is 10.0 Å². The lowest BCUT2D eigenvalue weighted by molar-refractivity contribution is 0.168. The number of hydrogen-bond acceptors (Lipinski definition) is 4. The molecule has 26 heavy (non-hydrogen) atoms. The molecule has 138 valence electrons. The SMILES string of the molecule is CCS(=O)(=O)NC[C@H]1CN(Cc2cccc3[nH]ccc23)Cc2ccnn21. The first-order chi connectivity index (χ1) is 12.6. The van der Waals surface area contributed by atoms with Crippen LogP contribution in [-0.2, 0) is 23.1 Å². The van der Waals surface area contributed by atoms with Gasteiger partial charge in [-0.3, -0.25) is 9.58 Å². The molecule has 7 nitrogen and oxygen atoms in total. The molecule has 8 heteroatoms. The highest BCUT2D eigenvalue weighted by molar-refractivity contribution is 7.89. The third kappa shape index (κ3) is 3.40. The predicted octanol–water partition coefficient (Wildman–Crippen LogP) is 1.86. The van der Waals surface area contributed by atoms with Crippen LogP contribution < -0.4 is 4.72 Å². The summed E-state index contributed by atoms with van der Waals surface area (Å²) in [6.45, 7) is 4.37. The summed E-state index contributed by atoms with van der Waals surface area (Å²) < 4.78 is 28.3. The number of nitrogens with one attached hydrogen (secondary N) is 2. The lowest BCUT2D eigenvalue weighted by Crippen LogP contribution is -2.42. The van der Waals surface area contributed by atoms with Crippen molar-refractivity contribution in [3.05, 3.63) is 54.0 Å². The molecule has 1 aromatic carbocycles. The number of fused-ring (bicyclic) bond motifs is 2. The minimum atomic E-state index is -3.22. The van der Waals surface area contributed by atoms with Crippen molar-refractivity contribution in [1.29, 1.82) is 0 Å². The zero-order chi connectivity index (χ0) is 18.1. The van der Waals surface area contributed by atoms with E-state index in [1.807, 2.05) is 16.9 Å². The fourth-order valence-electron chi connectivity index (χ4n) is 3.59. The van der Waals surface area contributed by atoms with Crippen LogP contribution in [0.3, 0.4) is 0 Å². The number of aromatic amines is 1. The molecule has 0 aliphatic carbocycles. The summed E-state index contributed by atoms with van der Waals surface area (Å²) in [7, 11) is -3.22. The van der Waals surface area contributed by atoms with Crippen molar-refractivity contribution in [3.63, 3.8) is 0 Å². The molecule has 0 bridgehead atoms. The smallest absolute Gasteiger partial charge is 0.211 e. The second-order valence-electron chi connectivity index (χ2n) is 6.70. The van der Waals surface area contributed by atoms with Crippen LogP contribution in [0.25, 0.3) is 10.9 Å². The van der Waals surface area contributed by atoms with Gasteiger partial charge in [0, 0.05) is 49.5 Å². The van der Waals surface area contributed by atoms with Crippen molar-refractivity contribution < 1.29 is 8.42 Å². The lowest BCUT2D eigenvalue weighted by atomic mass is 10.1. The van der Waals surface area contributed by atoms with Gasteiger partial charge in [-0.05, 0) is 30.7 Å². The Bertz CT molecular complexity index is 1010. The zero-order valence-corrected chi connectivity index (χ0v) is 15.5. The molecule has 0 unspecified atom stereocenters. The second-order valence-corrected chi connectivity index (χ2v) is 8.79. The molecule has 2 aromatic heterocycles. The first-order valence-electron chi connectivity index (χ1n) is 8.83. The molecule has 1 aliphatic rings. The van der Waals surface area contributed by atoms with Crippen LogP contribution in [0.15, 0.2) is 42.7 Å². The molecule has 0 saturated carbocycles. The molecule has 0 amide bonds. The summed E-state index contributed by atoms with van der Waals surface area (Å²) in [6, 6.07) is 10.4. The second kappa shape index (κ2) is 6.86. The Hall–Kier alpha value is -2.16. The number of aromatic nitrogens is 3. The number of benzene rings is 1. The molecule has 0 spiro atoms. The maximum atomic E-state index is 11.8. The predicted molar refractivity (Wildman–Crippen MR) is 101 cm³/mol. The van der Waals surface area contributed by atoms with Crippen LogP contribution in [0, 0.1) is 0 Å². The van der Waals surface area contributed by atoms with Crippen molar-refractivity contribution in [2.24, 2.45) is 0 Å². The topological polar surface area (TPSA) is 83.0 Å². The average Bonchev–Trinajstić information content (AvgIpc) is 3.29. The van der Waals surface area contributed by atoms with Gasteiger partial charge in [0.25, 0.3) is 0 Å². The highest BCUT2D eigenvalue weighted by atomic mass is 32.2. The summed E-state index contributed by atoms with van der Waals surface area (Å²) >= 11 is 0. The van der Waals surface area contributed by atoms with Gasteiger partial charge in [0.15, 0.2) is 0 Å². The third-order valence-corrected chi connectivity index (χ3v) is 6.32. The molecule has 3 aromatic rings. The summed E-state index contributed by atoms with van der Waals surface area (Å²) in [4.78, 5) is 5.60. The van der Waals surface area contributed by atoms with E-state index >= 15 is 0 Å². The standard InChI is InChI=1S/C18H23N5O2S/c1-2-26(24,25)21-10-16-13-22(12-15-6-9-20-23(15)16)11-14-4-3-5-18-17(14)7-8-19-18/h3-9,16,19,21H,2,10-13H2,1H3/t16-/m0/s1. The van der Waals surface area contributed by atoms with Gasteiger partial charge in [0.05, 0.1) is 17.5 Å². The molecule has 0 fully saturated rings. The van der Waals surface area contributed by atoms with E-state index in [-0.39, 0.29) is 11.8 Å². The van der Waals surface area contributed by atoms with Crippen LogP contribution in [-0.4, -0.2) is 46.9 Å². The Morgan fingerprint density at radius 1 is 1.31 bits per heavy atom. The highest BCUT2D eigenvalue weighted by Gasteiger charge is 2.26. The Morgan fingerprint density at radius 2 is 2.19 bits per heavy atom. The number of H-pyrrole nitrogens is 1. The van der Waals surface area contributed by atoms with Gasteiger partial charge in [-0.1, -0.05) is 12.1 Å². The molecular weight excluding hydrogens is 350 g/mol. The fraction of sp³-hybridized carbons (Fsp3) is 0.389. The van der Waals surface area contributed by atoms with E-state index in [9.17, 15) is 8.42 Å². The van der Waals surface area contributed by atoms with E-state index in [4.69, 9.17) is 0 Å². The largest absolute Gasteiger partial charge is 0.361 e. The molecule has 1 atom stereocenters. The van der Waals surface area contributed by atoms with Crippen molar-refractivity contribution >= 4 is 20.9 Å². The quantitative estimate of drug-likeness (QED) is 0.691. The number of hydrogen-bond donors (Lipinski definition) is 2. The number of sulfonamides is 1. The number of rotatable bonds is 6. The minimum Gasteiger partial charge on any atom is -0.361 e. The van der Waals surface area contributed by atoms with Crippen molar-refractivity contribution in [1.82, 2.24) is 24.4 Å². The summed E-state index contributed by atoms with van der Waals surface area (Å²) in [6.07, 6.45) is 3.74. The van der Waals surface area contributed by atoms with Gasteiger partial charge in [0.1, 0.15) is 0 Å². The van der Waals surface area contributed by atoms with Crippen LogP contribution in [0.1, 0.15) is 24.2 Å². The maximum Gasteiger partial charge on any atom is 0.211 e. The van der Waals surface area contributed by atoms with Crippen LogP contribution in [0.4, 0.5) is 0 Å². The van der Waals surface area contributed by atoms with E-state index in [0.717, 1.165) is 30.8 Å². The molecule has 4 rings (SSSR count). The van der Waals surface area contributed by atoms with E-state index in [0.29, 0.717) is 6.54 Å². The van der Waals surface area contributed by atoms with Gasteiger partial charge >= 0.3 is 0 Å². The van der Waals surface area contributed by atoms with Crippen LogP contribution in [0.5, 0.6) is 0 Å². The normalized spacial score (nSPS) is 18.3. The summed E-state index contributed by atoms with van der Waals surface area (Å²) in [5.41, 5.74) is 3.51. The Balaban J connectivity index is 1.54. The maximum absolute atomic E-state index is 11.8. The molecule has 0 radical (unpaired) electrons. The van der Waals surface area contributed by atoms with Crippen molar-refractivity contribution in [2.45, 2.75) is 26.1 Å². The van der Waals surface area contributed by atoms with E-state index in [1.165, 1.54) is 10.9 Å². The Labute approximate surface area is 153 Å². The van der Waals surface area contributed by atoms with Crippen molar-refractivity contribution in [3.8, 4) is 0 Å². The average molecular weight is 373 g/mol. The molecule has 1 aliphatic heterocycles. The van der Waals surface area contributed by atoms with Gasteiger partial charge in [-0.2, -0.15) is 5.10 Å².